The Morgan fingerprint density at radius 3 is 2.43 bits per heavy atom. The topological polar surface area (TPSA) is 51.8 Å². The molecule has 0 radical (unpaired) electrons. The second-order valence-corrected chi connectivity index (χ2v) is 3.00. The Labute approximate surface area is 79.2 Å². The van der Waals surface area contributed by atoms with Crippen LogP contribution < -0.4 is 5.73 Å². The zero-order valence-electron chi connectivity index (χ0n) is 7.54. The van der Waals surface area contributed by atoms with Crippen molar-refractivity contribution in [2.24, 2.45) is 5.73 Å². The van der Waals surface area contributed by atoms with Crippen LogP contribution in [-0.4, -0.2) is 22.2 Å². The molecule has 14 heavy (non-hydrogen) atoms. The molecule has 1 atom stereocenters. The average molecular weight is 205 g/mol. The first kappa shape index (κ1) is 10.9. The monoisotopic (exact) mass is 205 g/mol. The van der Waals surface area contributed by atoms with Gasteiger partial charge in [0.25, 0.3) is 0 Å². The lowest BCUT2D eigenvalue weighted by molar-refractivity contribution is -0.147. The van der Waals surface area contributed by atoms with Crippen molar-refractivity contribution in [3.05, 3.63) is 23.8 Å². The molecule has 0 spiro atoms. The number of alkyl halides is 3. The molecule has 0 aromatic carbocycles. The van der Waals surface area contributed by atoms with Crippen molar-refractivity contribution in [3.63, 3.8) is 0 Å². The number of rotatable bonds is 2. The van der Waals surface area contributed by atoms with Crippen molar-refractivity contribution < 1.29 is 13.2 Å². The molecule has 3 nitrogen and oxygen atoms in total. The van der Waals surface area contributed by atoms with Crippen molar-refractivity contribution in [2.45, 2.75) is 25.6 Å². The number of hydrogen-bond donors (Lipinski definition) is 1. The van der Waals surface area contributed by atoms with E-state index in [0.29, 0.717) is 5.69 Å². The van der Waals surface area contributed by atoms with Gasteiger partial charge in [0, 0.05) is 18.8 Å². The Morgan fingerprint density at radius 1 is 1.36 bits per heavy atom. The number of hydrogen-bond acceptors (Lipinski definition) is 3. The van der Waals surface area contributed by atoms with E-state index in [1.54, 1.807) is 6.92 Å². The van der Waals surface area contributed by atoms with Crippen LogP contribution in [-0.2, 0) is 6.42 Å². The molecular weight excluding hydrogens is 195 g/mol. The summed E-state index contributed by atoms with van der Waals surface area (Å²) in [6.07, 6.45) is -2.00. The minimum absolute atomic E-state index is 0.250. The standard InChI is InChI=1S/C8H10F3N3/c1-5-3-14-6(4-13-5)2-7(12)8(9,10)11/h3-4,7H,2,12H2,1H3. The lowest BCUT2D eigenvalue weighted by Crippen LogP contribution is -2.39. The SMILES string of the molecule is Cc1cnc(CC(N)C(F)(F)F)cn1. The van der Waals surface area contributed by atoms with E-state index in [9.17, 15) is 13.2 Å². The first-order chi connectivity index (χ1) is 6.39. The van der Waals surface area contributed by atoms with Crippen LogP contribution in [0.15, 0.2) is 12.4 Å². The van der Waals surface area contributed by atoms with Crippen LogP contribution in [0.25, 0.3) is 0 Å². The second kappa shape index (κ2) is 3.91. The minimum Gasteiger partial charge on any atom is -0.320 e. The molecule has 0 amide bonds. The molecule has 1 rings (SSSR count). The molecule has 2 N–H and O–H groups in total. The Balaban J connectivity index is 2.65. The van der Waals surface area contributed by atoms with Crippen LogP contribution in [0, 0.1) is 6.92 Å². The molecule has 0 fully saturated rings. The molecule has 0 saturated carbocycles. The maximum Gasteiger partial charge on any atom is 0.404 e. The molecule has 1 aromatic heterocycles. The van der Waals surface area contributed by atoms with E-state index in [1.165, 1.54) is 12.4 Å². The Morgan fingerprint density at radius 2 is 2.00 bits per heavy atom. The molecule has 0 saturated heterocycles. The van der Waals surface area contributed by atoms with Gasteiger partial charge in [-0.15, -0.1) is 0 Å². The predicted molar refractivity (Wildman–Crippen MR) is 44.5 cm³/mol. The highest BCUT2D eigenvalue weighted by Gasteiger charge is 2.36. The molecule has 6 heteroatoms. The molecule has 0 aliphatic heterocycles. The summed E-state index contributed by atoms with van der Waals surface area (Å²) in [4.78, 5) is 7.62. The van der Waals surface area contributed by atoms with Gasteiger partial charge in [-0.05, 0) is 6.92 Å². The zero-order chi connectivity index (χ0) is 10.8. The van der Waals surface area contributed by atoms with Crippen molar-refractivity contribution in [1.29, 1.82) is 0 Å². The number of aromatic nitrogens is 2. The first-order valence-electron chi connectivity index (χ1n) is 3.99. The molecule has 78 valence electrons. The van der Waals surface area contributed by atoms with E-state index < -0.39 is 12.2 Å². The first-order valence-corrected chi connectivity index (χ1v) is 3.99. The zero-order valence-corrected chi connectivity index (χ0v) is 7.54. The normalized spacial score (nSPS) is 14.1. The van der Waals surface area contributed by atoms with Crippen LogP contribution >= 0.6 is 0 Å². The van der Waals surface area contributed by atoms with Gasteiger partial charge in [0.05, 0.1) is 11.4 Å². The Kier molecular flexibility index (Phi) is 3.05. The van der Waals surface area contributed by atoms with Crippen molar-refractivity contribution in [2.75, 3.05) is 0 Å². The quantitative estimate of drug-likeness (QED) is 0.789. The van der Waals surface area contributed by atoms with Gasteiger partial charge in [-0.25, -0.2) is 0 Å². The molecule has 1 aromatic rings. The van der Waals surface area contributed by atoms with E-state index in [2.05, 4.69) is 9.97 Å². The molecular formula is C8H10F3N3. The maximum atomic E-state index is 12.0. The van der Waals surface area contributed by atoms with Gasteiger partial charge in [-0.3, -0.25) is 9.97 Å². The highest BCUT2D eigenvalue weighted by molar-refractivity contribution is 5.03. The van der Waals surface area contributed by atoms with Crippen molar-refractivity contribution in [3.8, 4) is 0 Å². The van der Waals surface area contributed by atoms with Gasteiger partial charge in [-0.1, -0.05) is 0 Å². The average Bonchev–Trinajstić information content (AvgIpc) is 2.07. The van der Waals surface area contributed by atoms with Crippen molar-refractivity contribution >= 4 is 0 Å². The maximum absolute atomic E-state index is 12.0. The minimum atomic E-state index is -4.38. The highest BCUT2D eigenvalue weighted by atomic mass is 19.4. The summed E-state index contributed by atoms with van der Waals surface area (Å²) in [5, 5.41) is 0. The number of halogens is 3. The van der Waals surface area contributed by atoms with E-state index in [-0.39, 0.29) is 12.1 Å². The third-order valence-corrected chi connectivity index (χ3v) is 1.68. The van der Waals surface area contributed by atoms with Gasteiger partial charge in [-0.2, -0.15) is 13.2 Å². The fourth-order valence-corrected chi connectivity index (χ4v) is 0.866. The summed E-state index contributed by atoms with van der Waals surface area (Å²) in [5.74, 6) is 0. The van der Waals surface area contributed by atoms with E-state index in [0.717, 1.165) is 0 Å². The fraction of sp³-hybridized carbons (Fsp3) is 0.500. The van der Waals surface area contributed by atoms with Crippen LogP contribution in [0.2, 0.25) is 0 Å². The molecule has 0 bridgehead atoms. The van der Waals surface area contributed by atoms with Gasteiger partial charge >= 0.3 is 6.18 Å². The lowest BCUT2D eigenvalue weighted by atomic mass is 10.1. The summed E-state index contributed by atoms with van der Waals surface area (Å²) < 4.78 is 36.1. The summed E-state index contributed by atoms with van der Waals surface area (Å²) in [6, 6.07) is -1.88. The molecule has 0 aliphatic rings. The van der Waals surface area contributed by atoms with Gasteiger partial charge in [0.2, 0.25) is 0 Å². The Hall–Kier alpha value is -1.17. The van der Waals surface area contributed by atoms with E-state index >= 15 is 0 Å². The van der Waals surface area contributed by atoms with Gasteiger partial charge in [0.1, 0.15) is 6.04 Å². The van der Waals surface area contributed by atoms with Crippen LogP contribution in [0.5, 0.6) is 0 Å². The summed E-state index contributed by atoms with van der Waals surface area (Å²) in [6.45, 7) is 1.71. The smallest absolute Gasteiger partial charge is 0.320 e. The third-order valence-electron chi connectivity index (χ3n) is 1.68. The molecule has 1 heterocycles. The number of nitrogens with zero attached hydrogens (tertiary/aromatic N) is 2. The highest BCUT2D eigenvalue weighted by Crippen LogP contribution is 2.20. The van der Waals surface area contributed by atoms with Gasteiger partial charge < -0.3 is 5.73 Å². The lowest BCUT2D eigenvalue weighted by Gasteiger charge is -2.14. The largest absolute Gasteiger partial charge is 0.404 e. The summed E-state index contributed by atoms with van der Waals surface area (Å²) in [5.41, 5.74) is 5.84. The Bertz CT molecular complexity index is 294. The van der Waals surface area contributed by atoms with Gasteiger partial charge in [0.15, 0.2) is 0 Å². The van der Waals surface area contributed by atoms with E-state index in [1.807, 2.05) is 0 Å². The van der Waals surface area contributed by atoms with Crippen LogP contribution in [0.3, 0.4) is 0 Å². The number of nitrogens with two attached hydrogens (primary N) is 1. The predicted octanol–water partition coefficient (Wildman–Crippen LogP) is 1.22. The fourth-order valence-electron chi connectivity index (χ4n) is 0.866. The molecule has 1 unspecified atom stereocenters. The van der Waals surface area contributed by atoms with E-state index in [4.69, 9.17) is 5.73 Å². The third kappa shape index (κ3) is 2.95. The molecule has 0 aliphatic carbocycles. The van der Waals surface area contributed by atoms with Crippen molar-refractivity contribution in [1.82, 2.24) is 9.97 Å². The summed E-state index contributed by atoms with van der Waals surface area (Å²) in [7, 11) is 0. The van der Waals surface area contributed by atoms with Crippen LogP contribution in [0.1, 0.15) is 11.4 Å². The number of aryl methyl sites for hydroxylation is 1. The van der Waals surface area contributed by atoms with Crippen LogP contribution in [0.4, 0.5) is 13.2 Å². The second-order valence-electron chi connectivity index (χ2n) is 3.00. The summed E-state index contributed by atoms with van der Waals surface area (Å²) >= 11 is 0.